The Bertz CT molecular complexity index is 207. The van der Waals surface area contributed by atoms with E-state index in [0.717, 1.165) is 51.6 Å². The highest BCUT2D eigenvalue weighted by Crippen LogP contribution is 2.40. The Morgan fingerprint density at radius 2 is 1.73 bits per heavy atom. The van der Waals surface area contributed by atoms with E-state index in [2.05, 4.69) is 25.7 Å². The lowest BCUT2D eigenvalue weighted by Crippen LogP contribution is -2.35. The zero-order valence-corrected chi connectivity index (χ0v) is 10.5. The molecule has 0 aromatic carbocycles. The van der Waals surface area contributed by atoms with Crippen molar-refractivity contribution < 1.29 is 4.79 Å². The molecule has 88 valence electrons. The summed E-state index contributed by atoms with van der Waals surface area (Å²) in [6.45, 7) is 8.47. The second kappa shape index (κ2) is 5.53. The molecule has 1 amide bonds. The average Bonchev–Trinajstić information content (AvgIpc) is 2.49. The number of rotatable bonds is 6. The topological polar surface area (TPSA) is 20.3 Å². The summed E-state index contributed by atoms with van der Waals surface area (Å²) in [5.41, 5.74) is 0.0126. The van der Waals surface area contributed by atoms with Gasteiger partial charge in [0.05, 0.1) is 5.41 Å². The van der Waals surface area contributed by atoms with E-state index in [1.54, 1.807) is 0 Å². The van der Waals surface area contributed by atoms with Gasteiger partial charge in [-0.15, -0.1) is 0 Å². The van der Waals surface area contributed by atoms with Gasteiger partial charge in [0.1, 0.15) is 0 Å². The summed E-state index contributed by atoms with van der Waals surface area (Å²) >= 11 is 0. The Morgan fingerprint density at radius 1 is 1.13 bits per heavy atom. The van der Waals surface area contributed by atoms with Crippen LogP contribution in [-0.4, -0.2) is 23.9 Å². The molecule has 0 aromatic rings. The van der Waals surface area contributed by atoms with Crippen LogP contribution < -0.4 is 0 Å². The highest BCUT2D eigenvalue weighted by molar-refractivity contribution is 5.84. The van der Waals surface area contributed by atoms with Crippen molar-refractivity contribution in [2.75, 3.05) is 13.1 Å². The molecule has 0 bridgehead atoms. The molecule has 1 saturated heterocycles. The van der Waals surface area contributed by atoms with E-state index in [1.165, 1.54) is 0 Å². The predicted molar refractivity (Wildman–Crippen MR) is 63.7 cm³/mol. The van der Waals surface area contributed by atoms with Gasteiger partial charge in [-0.1, -0.05) is 33.6 Å². The third-order valence-corrected chi connectivity index (χ3v) is 3.55. The van der Waals surface area contributed by atoms with Crippen molar-refractivity contribution in [1.29, 1.82) is 0 Å². The molecule has 0 aromatic heterocycles. The molecule has 0 aliphatic carbocycles. The summed E-state index contributed by atoms with van der Waals surface area (Å²) in [6.07, 6.45) is 6.60. The number of likely N-dealkylation sites (tertiary alicyclic amines) is 1. The van der Waals surface area contributed by atoms with Crippen LogP contribution in [-0.2, 0) is 4.79 Å². The highest BCUT2D eigenvalue weighted by Gasteiger charge is 2.44. The zero-order valence-electron chi connectivity index (χ0n) is 10.5. The molecule has 1 rings (SSSR count). The van der Waals surface area contributed by atoms with Gasteiger partial charge in [0.2, 0.25) is 5.91 Å². The van der Waals surface area contributed by atoms with Gasteiger partial charge >= 0.3 is 0 Å². The minimum absolute atomic E-state index is 0.0126. The second-order valence-electron chi connectivity index (χ2n) is 4.82. The van der Waals surface area contributed by atoms with Crippen LogP contribution in [0.2, 0.25) is 0 Å². The van der Waals surface area contributed by atoms with Gasteiger partial charge in [0.25, 0.3) is 0 Å². The average molecular weight is 211 g/mol. The van der Waals surface area contributed by atoms with Crippen LogP contribution in [0.15, 0.2) is 0 Å². The largest absolute Gasteiger partial charge is 0.342 e. The van der Waals surface area contributed by atoms with Gasteiger partial charge in [0.15, 0.2) is 0 Å². The van der Waals surface area contributed by atoms with Crippen molar-refractivity contribution in [1.82, 2.24) is 4.90 Å². The van der Waals surface area contributed by atoms with Gasteiger partial charge in [-0.05, 0) is 25.7 Å². The molecule has 2 heteroatoms. The fourth-order valence-corrected chi connectivity index (χ4v) is 2.92. The Labute approximate surface area is 94.0 Å². The summed E-state index contributed by atoms with van der Waals surface area (Å²) in [4.78, 5) is 14.4. The van der Waals surface area contributed by atoms with E-state index in [1.807, 2.05) is 0 Å². The third kappa shape index (κ3) is 2.53. The lowest BCUT2D eigenvalue weighted by molar-refractivity contribution is -0.136. The van der Waals surface area contributed by atoms with E-state index in [9.17, 15) is 4.79 Å². The maximum Gasteiger partial charge on any atom is 0.228 e. The van der Waals surface area contributed by atoms with Crippen LogP contribution in [0.25, 0.3) is 0 Å². The van der Waals surface area contributed by atoms with Gasteiger partial charge in [0, 0.05) is 13.1 Å². The van der Waals surface area contributed by atoms with Crippen LogP contribution in [0.4, 0.5) is 0 Å². The molecule has 0 unspecified atom stereocenters. The van der Waals surface area contributed by atoms with Crippen molar-refractivity contribution in [2.45, 2.75) is 59.3 Å². The first-order valence-corrected chi connectivity index (χ1v) is 6.49. The highest BCUT2D eigenvalue weighted by atomic mass is 16.2. The van der Waals surface area contributed by atoms with Crippen molar-refractivity contribution in [3.05, 3.63) is 0 Å². The number of nitrogens with zero attached hydrogens (tertiary/aromatic N) is 1. The quantitative estimate of drug-likeness (QED) is 0.660. The minimum Gasteiger partial charge on any atom is -0.342 e. The summed E-state index contributed by atoms with van der Waals surface area (Å²) in [6, 6.07) is 0. The van der Waals surface area contributed by atoms with Crippen molar-refractivity contribution in [3.8, 4) is 0 Å². The van der Waals surface area contributed by atoms with E-state index in [0.29, 0.717) is 5.91 Å². The minimum atomic E-state index is 0.0126. The van der Waals surface area contributed by atoms with E-state index >= 15 is 0 Å². The molecule has 0 spiro atoms. The second-order valence-corrected chi connectivity index (χ2v) is 4.82. The predicted octanol–water partition coefficient (Wildman–Crippen LogP) is 3.22. The molecule has 0 N–H and O–H groups in total. The molecule has 1 fully saturated rings. The van der Waals surface area contributed by atoms with Crippen LogP contribution in [0, 0.1) is 5.41 Å². The molecule has 15 heavy (non-hydrogen) atoms. The monoisotopic (exact) mass is 211 g/mol. The SMILES string of the molecule is CCCN1CCC(CCC)(CCC)C1=O. The molecule has 1 aliphatic heterocycles. The van der Waals surface area contributed by atoms with Crippen molar-refractivity contribution in [3.63, 3.8) is 0 Å². The van der Waals surface area contributed by atoms with Crippen LogP contribution in [0.5, 0.6) is 0 Å². The van der Waals surface area contributed by atoms with Gasteiger partial charge in [-0.3, -0.25) is 4.79 Å². The molecule has 0 saturated carbocycles. The molecule has 1 aliphatic rings. The maximum absolute atomic E-state index is 12.3. The van der Waals surface area contributed by atoms with Crippen molar-refractivity contribution >= 4 is 5.91 Å². The first-order chi connectivity index (χ1) is 7.20. The van der Waals surface area contributed by atoms with E-state index in [4.69, 9.17) is 0 Å². The summed E-state index contributed by atoms with van der Waals surface area (Å²) < 4.78 is 0. The summed E-state index contributed by atoms with van der Waals surface area (Å²) in [5.74, 6) is 0.438. The van der Waals surface area contributed by atoms with Gasteiger partial charge in [-0.2, -0.15) is 0 Å². The number of carbonyl (C=O) groups excluding carboxylic acids is 1. The Balaban J connectivity index is 2.69. The molecule has 1 heterocycles. The zero-order chi connectivity index (χ0) is 11.3. The lowest BCUT2D eigenvalue weighted by Gasteiger charge is -2.27. The van der Waals surface area contributed by atoms with E-state index < -0.39 is 0 Å². The number of hydrogen-bond donors (Lipinski definition) is 0. The fraction of sp³-hybridized carbons (Fsp3) is 0.923. The van der Waals surface area contributed by atoms with Crippen LogP contribution >= 0.6 is 0 Å². The fourth-order valence-electron chi connectivity index (χ4n) is 2.92. The van der Waals surface area contributed by atoms with Crippen molar-refractivity contribution in [2.24, 2.45) is 5.41 Å². The van der Waals surface area contributed by atoms with Gasteiger partial charge < -0.3 is 4.90 Å². The number of carbonyl (C=O) groups is 1. The van der Waals surface area contributed by atoms with Gasteiger partial charge in [-0.25, -0.2) is 0 Å². The Morgan fingerprint density at radius 3 is 2.20 bits per heavy atom. The molecule has 0 radical (unpaired) electrons. The normalized spacial score (nSPS) is 19.9. The standard InChI is InChI=1S/C13H25NO/c1-4-7-13(8-5-2)9-11-14(10-6-3)12(13)15/h4-11H2,1-3H3. The van der Waals surface area contributed by atoms with E-state index in [-0.39, 0.29) is 5.41 Å². The molecule has 0 atom stereocenters. The Kier molecular flexibility index (Phi) is 4.62. The first kappa shape index (κ1) is 12.5. The molecular formula is C13H25NO. The van der Waals surface area contributed by atoms with Crippen LogP contribution in [0.1, 0.15) is 59.3 Å². The third-order valence-electron chi connectivity index (χ3n) is 3.55. The molecule has 2 nitrogen and oxygen atoms in total. The summed E-state index contributed by atoms with van der Waals surface area (Å²) in [7, 11) is 0. The molecular weight excluding hydrogens is 186 g/mol. The first-order valence-electron chi connectivity index (χ1n) is 6.49. The number of hydrogen-bond acceptors (Lipinski definition) is 1. The maximum atomic E-state index is 12.3. The lowest BCUT2D eigenvalue weighted by atomic mass is 9.78. The summed E-state index contributed by atoms with van der Waals surface area (Å²) in [5, 5.41) is 0. The smallest absolute Gasteiger partial charge is 0.228 e. The van der Waals surface area contributed by atoms with Crippen LogP contribution in [0.3, 0.4) is 0 Å². The Hall–Kier alpha value is -0.530. The number of amides is 1.